The number of hydrogen-bond acceptors (Lipinski definition) is 3. The molecule has 0 saturated heterocycles. The van der Waals surface area contributed by atoms with E-state index in [1.54, 1.807) is 0 Å². The van der Waals surface area contributed by atoms with Gasteiger partial charge in [-0.05, 0) is 24.1 Å². The summed E-state index contributed by atoms with van der Waals surface area (Å²) in [7, 11) is 0. The molecular formula is C19H22O2S. The molecule has 2 atom stereocenters. The lowest BCUT2D eigenvalue weighted by atomic mass is 9.92. The van der Waals surface area contributed by atoms with Gasteiger partial charge >= 0.3 is 0 Å². The van der Waals surface area contributed by atoms with E-state index < -0.39 is 6.10 Å². The Kier molecular flexibility index (Phi) is 6.69. The van der Waals surface area contributed by atoms with Crippen LogP contribution in [0.15, 0.2) is 65.6 Å². The van der Waals surface area contributed by atoms with E-state index in [1.165, 1.54) is 11.8 Å². The molecule has 3 heteroatoms. The molecule has 0 aliphatic heterocycles. The van der Waals surface area contributed by atoms with Crippen LogP contribution in [0.4, 0.5) is 0 Å². The van der Waals surface area contributed by atoms with Crippen LogP contribution in [-0.2, 0) is 4.79 Å². The lowest BCUT2D eigenvalue weighted by Crippen LogP contribution is -2.20. The van der Waals surface area contributed by atoms with E-state index in [0.29, 0.717) is 6.42 Å². The number of benzene rings is 2. The van der Waals surface area contributed by atoms with E-state index in [2.05, 4.69) is 6.92 Å². The van der Waals surface area contributed by atoms with Crippen molar-refractivity contribution in [2.75, 3.05) is 0 Å². The zero-order valence-corrected chi connectivity index (χ0v) is 13.6. The first-order chi connectivity index (χ1) is 10.7. The van der Waals surface area contributed by atoms with Gasteiger partial charge in [0.1, 0.15) is 0 Å². The van der Waals surface area contributed by atoms with Crippen LogP contribution in [0.2, 0.25) is 0 Å². The summed E-state index contributed by atoms with van der Waals surface area (Å²) in [6, 6.07) is 19.1. The molecule has 0 aliphatic rings. The number of thioether (sulfide) groups is 1. The molecule has 0 aliphatic carbocycles. The number of unbranched alkanes of at least 4 members (excludes halogenated alkanes) is 1. The van der Waals surface area contributed by atoms with Gasteiger partial charge in [-0.15, -0.1) is 0 Å². The van der Waals surface area contributed by atoms with Crippen molar-refractivity contribution in [3.05, 3.63) is 66.2 Å². The topological polar surface area (TPSA) is 37.3 Å². The van der Waals surface area contributed by atoms with Crippen LogP contribution in [0.5, 0.6) is 0 Å². The Morgan fingerprint density at radius 1 is 1.05 bits per heavy atom. The highest BCUT2D eigenvalue weighted by molar-refractivity contribution is 8.13. The summed E-state index contributed by atoms with van der Waals surface area (Å²) in [6.45, 7) is 2.10. The molecular weight excluding hydrogens is 292 g/mol. The predicted octanol–water partition coefficient (Wildman–Crippen LogP) is 4.85. The van der Waals surface area contributed by atoms with Gasteiger partial charge in [0.15, 0.2) is 5.12 Å². The average Bonchev–Trinajstić information content (AvgIpc) is 2.56. The Morgan fingerprint density at radius 3 is 2.23 bits per heavy atom. The summed E-state index contributed by atoms with van der Waals surface area (Å²) >= 11 is 1.23. The second-order valence-corrected chi connectivity index (χ2v) is 6.42. The molecule has 2 rings (SSSR count). The molecule has 0 heterocycles. The molecule has 0 radical (unpaired) electrons. The van der Waals surface area contributed by atoms with E-state index in [9.17, 15) is 9.90 Å². The third-order valence-corrected chi connectivity index (χ3v) is 4.67. The van der Waals surface area contributed by atoms with Gasteiger partial charge in [0.2, 0.25) is 0 Å². The Morgan fingerprint density at radius 2 is 1.64 bits per heavy atom. The number of hydrogen-bond donors (Lipinski definition) is 1. The fourth-order valence-electron chi connectivity index (χ4n) is 2.39. The minimum Gasteiger partial charge on any atom is -0.388 e. The largest absolute Gasteiger partial charge is 0.388 e. The summed E-state index contributed by atoms with van der Waals surface area (Å²) in [5.41, 5.74) is 0.811. The quantitative estimate of drug-likeness (QED) is 0.743. The molecule has 0 saturated carbocycles. The van der Waals surface area contributed by atoms with Crippen molar-refractivity contribution in [2.24, 2.45) is 5.92 Å². The van der Waals surface area contributed by atoms with E-state index in [-0.39, 0.29) is 11.0 Å². The van der Waals surface area contributed by atoms with Crippen molar-refractivity contribution in [2.45, 2.75) is 37.2 Å². The maximum Gasteiger partial charge on any atom is 0.199 e. The molecule has 0 spiro atoms. The summed E-state index contributed by atoms with van der Waals surface area (Å²) in [4.78, 5) is 13.6. The van der Waals surface area contributed by atoms with Gasteiger partial charge in [0.05, 0.1) is 12.0 Å². The Bertz CT molecular complexity index is 569. The van der Waals surface area contributed by atoms with Crippen LogP contribution in [0.25, 0.3) is 0 Å². The molecule has 116 valence electrons. The first kappa shape index (κ1) is 16.8. The summed E-state index contributed by atoms with van der Waals surface area (Å²) in [5.74, 6) is -0.368. The van der Waals surface area contributed by atoms with Gasteiger partial charge in [-0.25, -0.2) is 0 Å². The maximum absolute atomic E-state index is 12.6. The third kappa shape index (κ3) is 4.72. The SMILES string of the molecule is CCCC[C@H](C(=O)Sc1ccccc1)[C@H](O)c1ccccc1. The molecule has 0 aromatic heterocycles. The maximum atomic E-state index is 12.6. The fraction of sp³-hybridized carbons (Fsp3) is 0.316. The molecule has 1 N–H and O–H groups in total. The van der Waals surface area contributed by atoms with Crippen molar-refractivity contribution in [1.29, 1.82) is 0 Å². The predicted molar refractivity (Wildman–Crippen MR) is 91.7 cm³/mol. The minimum atomic E-state index is -0.739. The van der Waals surface area contributed by atoms with Crippen molar-refractivity contribution >= 4 is 16.9 Å². The van der Waals surface area contributed by atoms with E-state index >= 15 is 0 Å². The van der Waals surface area contributed by atoms with Gasteiger partial charge in [-0.1, -0.05) is 80.1 Å². The Hall–Kier alpha value is -1.58. The number of aliphatic hydroxyl groups excluding tert-OH is 1. The number of carbonyl (C=O) groups is 1. The average molecular weight is 314 g/mol. The fourth-order valence-corrected chi connectivity index (χ4v) is 3.32. The highest BCUT2D eigenvalue weighted by Gasteiger charge is 2.28. The first-order valence-electron chi connectivity index (χ1n) is 7.72. The second kappa shape index (κ2) is 8.76. The molecule has 2 aromatic carbocycles. The highest BCUT2D eigenvalue weighted by atomic mass is 32.2. The van der Waals surface area contributed by atoms with Crippen LogP contribution in [0, 0.1) is 5.92 Å². The van der Waals surface area contributed by atoms with Crippen LogP contribution < -0.4 is 0 Å². The van der Waals surface area contributed by atoms with Crippen molar-refractivity contribution in [3.63, 3.8) is 0 Å². The zero-order chi connectivity index (χ0) is 15.8. The standard InChI is InChI=1S/C19H22O2S/c1-2-3-14-17(18(20)15-10-6-4-7-11-15)19(21)22-16-12-8-5-9-13-16/h4-13,17-18,20H,2-3,14H2,1H3/t17-,18+/m0/s1. The minimum absolute atomic E-state index is 0.0380. The van der Waals surface area contributed by atoms with Crippen LogP contribution in [0.3, 0.4) is 0 Å². The first-order valence-corrected chi connectivity index (χ1v) is 8.53. The van der Waals surface area contributed by atoms with E-state index in [1.807, 2.05) is 60.7 Å². The van der Waals surface area contributed by atoms with Crippen molar-refractivity contribution in [1.82, 2.24) is 0 Å². The van der Waals surface area contributed by atoms with Crippen LogP contribution in [-0.4, -0.2) is 10.2 Å². The lowest BCUT2D eigenvalue weighted by Gasteiger charge is -2.21. The van der Waals surface area contributed by atoms with Gasteiger partial charge in [0, 0.05) is 4.90 Å². The van der Waals surface area contributed by atoms with Crippen molar-refractivity contribution in [3.8, 4) is 0 Å². The Labute approximate surface area is 136 Å². The number of aliphatic hydroxyl groups is 1. The van der Waals surface area contributed by atoms with Gasteiger partial charge < -0.3 is 5.11 Å². The monoisotopic (exact) mass is 314 g/mol. The molecule has 0 unspecified atom stereocenters. The lowest BCUT2D eigenvalue weighted by molar-refractivity contribution is -0.118. The van der Waals surface area contributed by atoms with Crippen LogP contribution in [0.1, 0.15) is 37.9 Å². The smallest absolute Gasteiger partial charge is 0.199 e. The Balaban J connectivity index is 2.12. The van der Waals surface area contributed by atoms with E-state index in [0.717, 1.165) is 23.3 Å². The van der Waals surface area contributed by atoms with Gasteiger partial charge in [0.25, 0.3) is 0 Å². The molecule has 0 bridgehead atoms. The van der Waals surface area contributed by atoms with Crippen LogP contribution >= 0.6 is 11.8 Å². The molecule has 2 nitrogen and oxygen atoms in total. The highest BCUT2D eigenvalue weighted by Crippen LogP contribution is 2.33. The molecule has 22 heavy (non-hydrogen) atoms. The van der Waals surface area contributed by atoms with E-state index in [4.69, 9.17) is 0 Å². The summed E-state index contributed by atoms with van der Waals surface area (Å²) in [6.07, 6.45) is 1.93. The summed E-state index contributed by atoms with van der Waals surface area (Å²) < 4.78 is 0. The van der Waals surface area contributed by atoms with Crippen molar-refractivity contribution < 1.29 is 9.90 Å². The molecule has 2 aromatic rings. The normalized spacial score (nSPS) is 13.5. The van der Waals surface area contributed by atoms with Gasteiger partial charge in [-0.2, -0.15) is 0 Å². The molecule has 0 amide bonds. The number of rotatable bonds is 7. The molecule has 0 fully saturated rings. The van der Waals surface area contributed by atoms with Gasteiger partial charge in [-0.3, -0.25) is 4.79 Å². The number of carbonyl (C=O) groups excluding carboxylic acids is 1. The third-order valence-electron chi connectivity index (χ3n) is 3.66. The zero-order valence-electron chi connectivity index (χ0n) is 12.8. The second-order valence-electron chi connectivity index (χ2n) is 5.34. The summed E-state index contributed by atoms with van der Waals surface area (Å²) in [5, 5.41) is 10.7.